The van der Waals surface area contributed by atoms with Crippen LogP contribution in [0.15, 0.2) is 121 Å². The third-order valence-electron chi connectivity index (χ3n) is 7.65. The summed E-state index contributed by atoms with van der Waals surface area (Å²) < 4.78 is 12.1. The van der Waals surface area contributed by atoms with Gasteiger partial charge in [0.15, 0.2) is 0 Å². The van der Waals surface area contributed by atoms with Gasteiger partial charge < -0.3 is 9.47 Å². The summed E-state index contributed by atoms with van der Waals surface area (Å²) >= 11 is 0. The Bertz CT molecular complexity index is 1190. The first-order chi connectivity index (χ1) is 19.8. The van der Waals surface area contributed by atoms with Crippen molar-refractivity contribution >= 4 is 34.9 Å². The lowest BCUT2D eigenvalue weighted by Crippen LogP contribution is -2.45. The van der Waals surface area contributed by atoms with Crippen molar-refractivity contribution in [3.8, 4) is 0 Å². The van der Waals surface area contributed by atoms with Gasteiger partial charge in [0.1, 0.15) is 13.2 Å². The van der Waals surface area contributed by atoms with Gasteiger partial charge in [0, 0.05) is 5.41 Å². The fraction of sp³-hybridized carbons (Fsp3) is 0.257. The molecule has 41 heavy (non-hydrogen) atoms. The molecule has 0 radical (unpaired) electrons. The van der Waals surface area contributed by atoms with Gasteiger partial charge in [-0.1, -0.05) is 100 Å². The summed E-state index contributed by atoms with van der Waals surface area (Å²) in [5, 5.41) is 0. The van der Waals surface area contributed by atoms with Gasteiger partial charge >= 0.3 is 12.2 Å². The van der Waals surface area contributed by atoms with E-state index in [4.69, 9.17) is 9.47 Å². The highest BCUT2D eigenvalue weighted by Crippen LogP contribution is 2.38. The van der Waals surface area contributed by atoms with Crippen LogP contribution in [0.5, 0.6) is 0 Å². The predicted molar refractivity (Wildman–Crippen MR) is 165 cm³/mol. The van der Waals surface area contributed by atoms with Crippen LogP contribution in [0.25, 0.3) is 0 Å². The Hall–Kier alpha value is -4.58. The van der Waals surface area contributed by atoms with Crippen LogP contribution in [-0.2, 0) is 9.47 Å². The zero-order valence-corrected chi connectivity index (χ0v) is 24.1. The maximum Gasteiger partial charge on any atom is 0.418 e. The van der Waals surface area contributed by atoms with E-state index in [1.54, 1.807) is 9.80 Å². The maximum atomic E-state index is 13.6. The molecule has 2 amide bonds. The molecule has 0 fully saturated rings. The normalized spacial score (nSPS) is 11.3. The van der Waals surface area contributed by atoms with Crippen LogP contribution in [0, 0.1) is 17.3 Å². The van der Waals surface area contributed by atoms with Crippen LogP contribution >= 0.6 is 0 Å². The minimum atomic E-state index is -0.622. The first-order valence-electron chi connectivity index (χ1n) is 14.0. The van der Waals surface area contributed by atoms with Crippen LogP contribution in [-0.4, -0.2) is 25.4 Å². The van der Waals surface area contributed by atoms with E-state index >= 15 is 0 Å². The number of amides is 2. The Morgan fingerprint density at radius 1 is 0.512 bits per heavy atom. The van der Waals surface area contributed by atoms with Gasteiger partial charge in [0.05, 0.1) is 22.7 Å². The van der Waals surface area contributed by atoms with Gasteiger partial charge in [-0.3, -0.25) is 0 Å². The summed E-state index contributed by atoms with van der Waals surface area (Å²) in [6.07, 6.45) is -0.982. The van der Waals surface area contributed by atoms with E-state index in [-0.39, 0.29) is 25.0 Å². The number of carbonyl (C=O) groups excluding carboxylic acids is 2. The maximum absolute atomic E-state index is 13.6. The molecule has 4 aromatic rings. The molecule has 0 N–H and O–H groups in total. The van der Waals surface area contributed by atoms with Crippen molar-refractivity contribution in [2.45, 2.75) is 27.7 Å². The number of nitrogens with zero attached hydrogens (tertiary/aromatic N) is 2. The van der Waals surface area contributed by atoms with Crippen molar-refractivity contribution < 1.29 is 19.1 Å². The molecule has 0 aliphatic heterocycles. The highest BCUT2D eigenvalue weighted by atomic mass is 16.6. The van der Waals surface area contributed by atoms with Crippen LogP contribution in [0.3, 0.4) is 0 Å². The van der Waals surface area contributed by atoms with Crippen LogP contribution < -0.4 is 9.80 Å². The Balaban J connectivity index is 1.56. The quantitative estimate of drug-likeness (QED) is 0.197. The molecular formula is C35H38N2O4. The summed E-state index contributed by atoms with van der Waals surface area (Å²) in [5.74, 6) is 0.0961. The molecule has 4 aromatic carbocycles. The van der Waals surface area contributed by atoms with Crippen molar-refractivity contribution in [3.63, 3.8) is 0 Å². The molecule has 212 valence electrons. The van der Waals surface area contributed by atoms with Gasteiger partial charge in [-0.2, -0.15) is 0 Å². The monoisotopic (exact) mass is 550 g/mol. The smallest absolute Gasteiger partial charge is 0.418 e. The van der Waals surface area contributed by atoms with Gasteiger partial charge in [-0.05, 0) is 60.4 Å². The van der Waals surface area contributed by atoms with E-state index in [0.717, 1.165) is 0 Å². The van der Waals surface area contributed by atoms with Gasteiger partial charge in [0.2, 0.25) is 0 Å². The molecule has 0 saturated heterocycles. The van der Waals surface area contributed by atoms with E-state index in [1.165, 1.54) is 0 Å². The summed E-state index contributed by atoms with van der Waals surface area (Å²) in [6.45, 7) is 8.45. The first kappa shape index (κ1) is 29.4. The molecule has 0 aliphatic rings. The van der Waals surface area contributed by atoms with Gasteiger partial charge in [0.25, 0.3) is 0 Å². The molecule has 0 heterocycles. The molecule has 6 nitrogen and oxygen atoms in total. The molecule has 0 atom stereocenters. The Labute approximate surface area is 243 Å². The zero-order chi connectivity index (χ0) is 29.2. The minimum absolute atomic E-state index is 0.0481. The second-order valence-electron chi connectivity index (χ2n) is 10.7. The largest absolute Gasteiger partial charge is 0.448 e. The van der Waals surface area contributed by atoms with Crippen molar-refractivity contribution in [2.24, 2.45) is 17.3 Å². The Kier molecular flexibility index (Phi) is 9.80. The van der Waals surface area contributed by atoms with E-state index < -0.39 is 17.6 Å². The summed E-state index contributed by atoms with van der Waals surface area (Å²) in [4.78, 5) is 30.4. The van der Waals surface area contributed by atoms with Gasteiger partial charge in [-0.15, -0.1) is 0 Å². The van der Waals surface area contributed by atoms with E-state index in [9.17, 15) is 9.59 Å². The molecular weight excluding hydrogens is 512 g/mol. The second-order valence-corrected chi connectivity index (χ2v) is 10.7. The molecule has 0 bridgehead atoms. The summed E-state index contributed by atoms with van der Waals surface area (Å²) in [7, 11) is 0. The minimum Gasteiger partial charge on any atom is -0.448 e. The number of anilines is 4. The topological polar surface area (TPSA) is 59.1 Å². The molecule has 0 aliphatic carbocycles. The molecule has 0 unspecified atom stereocenters. The highest BCUT2D eigenvalue weighted by Gasteiger charge is 2.41. The Morgan fingerprint density at radius 2 is 0.756 bits per heavy atom. The molecule has 0 aromatic heterocycles. The SMILES string of the molecule is CC(C)C(COC(=O)N(c1ccccc1)c1ccccc1)(COC(=O)N(c1ccccc1)c1ccccc1)C(C)C. The molecule has 6 heteroatoms. The van der Waals surface area contributed by atoms with Crippen molar-refractivity contribution in [1.29, 1.82) is 0 Å². The number of hydrogen-bond acceptors (Lipinski definition) is 4. The van der Waals surface area contributed by atoms with Crippen molar-refractivity contribution in [3.05, 3.63) is 121 Å². The lowest BCUT2D eigenvalue weighted by Gasteiger charge is -2.40. The number of hydrogen-bond donors (Lipinski definition) is 0. The third kappa shape index (κ3) is 6.95. The van der Waals surface area contributed by atoms with E-state index in [1.807, 2.05) is 121 Å². The predicted octanol–water partition coefficient (Wildman–Crippen LogP) is 9.23. The standard InChI is InChI=1S/C35H38N2O4/c1-27(2)35(28(3)4,25-40-33(38)36(29-17-9-5-10-18-29)30-19-11-6-12-20-30)26-41-34(39)37(31-21-13-7-14-22-31)32-23-15-8-16-24-32/h5-24,27-28H,25-26H2,1-4H3. The van der Waals surface area contributed by atoms with Gasteiger partial charge in [-0.25, -0.2) is 19.4 Å². The zero-order valence-electron chi connectivity index (χ0n) is 24.1. The fourth-order valence-corrected chi connectivity index (χ4v) is 4.92. The van der Waals surface area contributed by atoms with Crippen LogP contribution in [0.1, 0.15) is 27.7 Å². The number of rotatable bonds is 10. The second kappa shape index (κ2) is 13.7. The molecule has 0 spiro atoms. The third-order valence-corrected chi connectivity index (χ3v) is 7.65. The molecule has 0 saturated carbocycles. The summed E-state index contributed by atoms with van der Waals surface area (Å²) in [5.41, 5.74) is 2.20. The summed E-state index contributed by atoms with van der Waals surface area (Å²) in [6, 6.07) is 37.7. The highest BCUT2D eigenvalue weighted by molar-refractivity contribution is 5.96. The average molecular weight is 551 g/mol. The lowest BCUT2D eigenvalue weighted by molar-refractivity contribution is -0.0305. The fourth-order valence-electron chi connectivity index (χ4n) is 4.92. The van der Waals surface area contributed by atoms with Crippen molar-refractivity contribution in [1.82, 2.24) is 0 Å². The van der Waals surface area contributed by atoms with Crippen molar-refractivity contribution in [2.75, 3.05) is 23.0 Å². The lowest BCUT2D eigenvalue weighted by atomic mass is 9.70. The number of ether oxygens (including phenoxy) is 2. The first-order valence-corrected chi connectivity index (χ1v) is 14.0. The number of carbonyl (C=O) groups is 2. The van der Waals surface area contributed by atoms with Crippen LogP contribution in [0.4, 0.5) is 32.3 Å². The number of benzene rings is 4. The Morgan fingerprint density at radius 3 is 0.976 bits per heavy atom. The van der Waals surface area contributed by atoms with E-state index in [2.05, 4.69) is 27.7 Å². The van der Waals surface area contributed by atoms with Crippen LogP contribution in [0.2, 0.25) is 0 Å². The molecule has 4 rings (SSSR count). The number of para-hydroxylation sites is 4. The average Bonchev–Trinajstić information content (AvgIpc) is 2.99. The van der Waals surface area contributed by atoms with E-state index in [0.29, 0.717) is 22.7 Å².